The lowest BCUT2D eigenvalue weighted by molar-refractivity contribution is 0.453. The number of nitrogens with zero attached hydrogens (tertiary/aromatic N) is 1. The molecule has 4 nitrogen and oxygen atoms in total. The smallest absolute Gasteiger partial charge is 0.150 e. The molecule has 1 N–H and O–H groups in total. The van der Waals surface area contributed by atoms with Crippen molar-refractivity contribution in [1.82, 2.24) is 0 Å². The molecular weight excluding hydrogens is 279 g/mol. The molecule has 0 heterocycles. The van der Waals surface area contributed by atoms with E-state index in [1.54, 1.807) is 0 Å². The zero-order chi connectivity index (χ0) is 14.8. The molecule has 1 fully saturated rings. The fraction of sp³-hybridized carbons (Fsp3) is 0.500. The second-order valence-electron chi connectivity index (χ2n) is 5.26. The number of hydrogen-bond donors (Lipinski definition) is 1. The molecule has 6 heteroatoms. The molecular formula is C14H17FN2O2S. The van der Waals surface area contributed by atoms with Crippen LogP contribution in [0.5, 0.6) is 0 Å². The first-order valence-electron chi connectivity index (χ1n) is 6.55. The fourth-order valence-corrected chi connectivity index (χ4v) is 3.80. The van der Waals surface area contributed by atoms with Gasteiger partial charge in [0.15, 0.2) is 0 Å². The molecule has 1 aliphatic rings. The van der Waals surface area contributed by atoms with Crippen molar-refractivity contribution in [3.8, 4) is 6.07 Å². The molecule has 2 rings (SSSR count). The van der Waals surface area contributed by atoms with Gasteiger partial charge in [-0.2, -0.15) is 5.26 Å². The van der Waals surface area contributed by atoms with Crippen molar-refractivity contribution in [2.45, 2.75) is 37.0 Å². The molecule has 0 aromatic heterocycles. The summed E-state index contributed by atoms with van der Waals surface area (Å²) in [6.07, 6.45) is 4.16. The largest absolute Gasteiger partial charge is 0.381 e. The summed E-state index contributed by atoms with van der Waals surface area (Å²) >= 11 is 0. The van der Waals surface area contributed by atoms with Gasteiger partial charge in [-0.25, -0.2) is 12.8 Å². The van der Waals surface area contributed by atoms with Gasteiger partial charge in [0.05, 0.1) is 16.5 Å². The van der Waals surface area contributed by atoms with Gasteiger partial charge in [-0.15, -0.1) is 0 Å². The number of nitrogens with one attached hydrogen (secondary N) is 1. The van der Waals surface area contributed by atoms with Gasteiger partial charge in [-0.05, 0) is 37.5 Å². The van der Waals surface area contributed by atoms with Crippen LogP contribution in [0, 0.1) is 17.1 Å². The fourth-order valence-electron chi connectivity index (χ4n) is 2.62. The summed E-state index contributed by atoms with van der Waals surface area (Å²) in [5, 5.41) is 11.8. The number of rotatable bonds is 3. The Morgan fingerprint density at radius 1 is 1.40 bits per heavy atom. The van der Waals surface area contributed by atoms with Gasteiger partial charge in [0.2, 0.25) is 0 Å². The van der Waals surface area contributed by atoms with Crippen LogP contribution in [0.3, 0.4) is 0 Å². The number of hydrogen-bond acceptors (Lipinski definition) is 4. The molecule has 0 bridgehead atoms. The molecule has 1 aromatic rings. The van der Waals surface area contributed by atoms with Gasteiger partial charge in [0, 0.05) is 12.3 Å². The first-order valence-corrected chi connectivity index (χ1v) is 8.50. The van der Waals surface area contributed by atoms with E-state index in [2.05, 4.69) is 5.32 Å². The normalized spacial score (nSPS) is 23.1. The lowest BCUT2D eigenvalue weighted by Gasteiger charge is -2.29. The first-order chi connectivity index (χ1) is 9.40. The van der Waals surface area contributed by atoms with Crippen LogP contribution >= 0.6 is 0 Å². The quantitative estimate of drug-likeness (QED) is 0.930. The lowest BCUT2D eigenvalue weighted by Crippen LogP contribution is -2.34. The van der Waals surface area contributed by atoms with E-state index in [0.29, 0.717) is 18.5 Å². The number of benzene rings is 1. The van der Waals surface area contributed by atoms with Crippen LogP contribution in [0.4, 0.5) is 10.1 Å². The molecule has 0 saturated heterocycles. The summed E-state index contributed by atoms with van der Waals surface area (Å²) in [4.78, 5) is 0. The van der Waals surface area contributed by atoms with E-state index in [0.717, 1.165) is 12.8 Å². The standard InChI is InChI=1S/C14H17FN2O2S/c1-20(18,19)13-4-2-3-12(8-13)17-14-6-5-11(15)7-10(14)9-16/h5-7,12-13,17H,2-4,8H2,1H3. The Labute approximate surface area is 118 Å². The Morgan fingerprint density at radius 3 is 2.80 bits per heavy atom. The lowest BCUT2D eigenvalue weighted by atomic mass is 9.94. The predicted molar refractivity (Wildman–Crippen MR) is 75.6 cm³/mol. The number of anilines is 1. The van der Waals surface area contributed by atoms with E-state index < -0.39 is 15.7 Å². The summed E-state index contributed by atoms with van der Waals surface area (Å²) in [6.45, 7) is 0. The van der Waals surface area contributed by atoms with Crippen LogP contribution in [-0.4, -0.2) is 26.0 Å². The minimum absolute atomic E-state index is 0.000959. The molecule has 1 aliphatic carbocycles. The van der Waals surface area contributed by atoms with Gasteiger partial charge >= 0.3 is 0 Å². The maximum absolute atomic E-state index is 13.1. The topological polar surface area (TPSA) is 70.0 Å². The van der Waals surface area contributed by atoms with E-state index in [1.807, 2.05) is 6.07 Å². The van der Waals surface area contributed by atoms with Crippen molar-refractivity contribution in [2.75, 3.05) is 11.6 Å². The Morgan fingerprint density at radius 2 is 2.15 bits per heavy atom. The minimum atomic E-state index is -3.04. The van der Waals surface area contributed by atoms with Gasteiger partial charge < -0.3 is 5.32 Å². The maximum atomic E-state index is 13.1. The number of sulfone groups is 1. The van der Waals surface area contributed by atoms with Crippen LogP contribution < -0.4 is 5.32 Å². The van der Waals surface area contributed by atoms with Crippen molar-refractivity contribution < 1.29 is 12.8 Å². The molecule has 20 heavy (non-hydrogen) atoms. The van der Waals surface area contributed by atoms with Gasteiger partial charge in [0.1, 0.15) is 21.7 Å². The number of halogens is 1. The molecule has 2 atom stereocenters. The number of nitriles is 1. The van der Waals surface area contributed by atoms with E-state index in [9.17, 15) is 12.8 Å². The monoisotopic (exact) mass is 296 g/mol. The second-order valence-corrected chi connectivity index (χ2v) is 7.59. The molecule has 0 aliphatic heterocycles. The zero-order valence-electron chi connectivity index (χ0n) is 11.3. The third-order valence-electron chi connectivity index (χ3n) is 3.69. The summed E-state index contributed by atoms with van der Waals surface area (Å²) in [5.74, 6) is -0.454. The Hall–Kier alpha value is -1.61. The third-order valence-corrected chi connectivity index (χ3v) is 5.33. The highest BCUT2D eigenvalue weighted by molar-refractivity contribution is 7.91. The van der Waals surface area contributed by atoms with Crippen LogP contribution in [0.15, 0.2) is 18.2 Å². The first kappa shape index (κ1) is 14.8. The highest BCUT2D eigenvalue weighted by Crippen LogP contribution is 2.27. The van der Waals surface area contributed by atoms with Crippen molar-refractivity contribution in [2.24, 2.45) is 0 Å². The van der Waals surface area contributed by atoms with Gasteiger partial charge in [-0.3, -0.25) is 0 Å². The second kappa shape index (κ2) is 5.80. The van der Waals surface area contributed by atoms with Crippen molar-refractivity contribution in [3.05, 3.63) is 29.6 Å². The molecule has 0 spiro atoms. The zero-order valence-corrected chi connectivity index (χ0v) is 12.1. The Bertz CT molecular complexity index is 637. The molecule has 1 aromatic carbocycles. The summed E-state index contributed by atoms with van der Waals surface area (Å²) in [7, 11) is -3.04. The Balaban J connectivity index is 2.13. The van der Waals surface area contributed by atoms with Crippen molar-refractivity contribution >= 4 is 15.5 Å². The predicted octanol–water partition coefficient (Wildman–Crippen LogP) is 2.47. The molecule has 0 amide bonds. The van der Waals surface area contributed by atoms with Gasteiger partial charge in [0.25, 0.3) is 0 Å². The van der Waals surface area contributed by atoms with E-state index in [1.165, 1.54) is 24.5 Å². The minimum Gasteiger partial charge on any atom is -0.381 e. The summed E-state index contributed by atoms with van der Waals surface area (Å²) in [6, 6.07) is 5.94. The highest BCUT2D eigenvalue weighted by atomic mass is 32.2. The Kier molecular flexibility index (Phi) is 4.29. The average molecular weight is 296 g/mol. The van der Waals surface area contributed by atoms with E-state index in [4.69, 9.17) is 5.26 Å². The SMILES string of the molecule is CS(=O)(=O)C1CCCC(Nc2ccc(F)cc2C#N)C1. The third kappa shape index (κ3) is 3.48. The molecule has 0 radical (unpaired) electrons. The van der Waals surface area contributed by atoms with Gasteiger partial charge in [-0.1, -0.05) is 6.42 Å². The summed E-state index contributed by atoms with van der Waals surface area (Å²) in [5.41, 5.74) is 0.805. The van der Waals surface area contributed by atoms with Crippen LogP contribution in [0.25, 0.3) is 0 Å². The van der Waals surface area contributed by atoms with Crippen LogP contribution in [0.1, 0.15) is 31.2 Å². The average Bonchev–Trinajstić information content (AvgIpc) is 2.40. The van der Waals surface area contributed by atoms with Crippen molar-refractivity contribution in [3.63, 3.8) is 0 Å². The van der Waals surface area contributed by atoms with E-state index >= 15 is 0 Å². The summed E-state index contributed by atoms with van der Waals surface area (Å²) < 4.78 is 36.3. The maximum Gasteiger partial charge on any atom is 0.150 e. The van der Waals surface area contributed by atoms with Crippen LogP contribution in [0.2, 0.25) is 0 Å². The molecule has 2 unspecified atom stereocenters. The van der Waals surface area contributed by atoms with Crippen molar-refractivity contribution in [1.29, 1.82) is 5.26 Å². The highest BCUT2D eigenvalue weighted by Gasteiger charge is 2.29. The van der Waals surface area contributed by atoms with E-state index in [-0.39, 0.29) is 16.9 Å². The van der Waals surface area contributed by atoms with Crippen LogP contribution in [-0.2, 0) is 9.84 Å². The molecule has 108 valence electrons. The molecule has 1 saturated carbocycles.